The average Bonchev–Trinajstić information content (AvgIpc) is 3.48. The summed E-state index contributed by atoms with van der Waals surface area (Å²) in [6, 6.07) is 27.2. The lowest BCUT2D eigenvalue weighted by Crippen LogP contribution is -2.49. The fourth-order valence-electron chi connectivity index (χ4n) is 5.37. The molecule has 0 saturated heterocycles. The summed E-state index contributed by atoms with van der Waals surface area (Å²) in [5.41, 5.74) is 10.9. The number of rotatable bonds is 14. The van der Waals surface area contributed by atoms with Crippen molar-refractivity contribution in [3.8, 4) is 17.2 Å². The number of aliphatic hydroxyl groups excluding tert-OH is 1. The van der Waals surface area contributed by atoms with Gasteiger partial charge in [0, 0.05) is 63.8 Å². The topological polar surface area (TPSA) is 147 Å². The van der Waals surface area contributed by atoms with Crippen molar-refractivity contribution in [2.75, 3.05) is 27.4 Å². The molecule has 1 aliphatic rings. The van der Waals surface area contributed by atoms with Crippen LogP contribution in [-0.4, -0.2) is 49.9 Å². The zero-order valence-electron chi connectivity index (χ0n) is 25.9. The molecule has 4 aromatic rings. The van der Waals surface area contributed by atoms with Gasteiger partial charge in [0.25, 0.3) is 5.91 Å². The molecule has 12 heteroatoms. The molecule has 2 N–H and O–H groups in total. The first-order valence-electron chi connectivity index (χ1n) is 14.9. The van der Waals surface area contributed by atoms with Gasteiger partial charge in [0.1, 0.15) is 17.2 Å². The molecule has 2 atom stereocenters. The third-order valence-electron chi connectivity index (χ3n) is 7.76. The summed E-state index contributed by atoms with van der Waals surface area (Å²) < 4.78 is 24.0. The molecule has 1 amide bonds. The molecule has 11 nitrogen and oxygen atoms in total. The standard InChI is InChI=1S/C35H34BrN5O6/c1-44-27-17-14-25(31(20-27)45-2)22-38-34(43)35(21-24-8-3-6-11-30(24)40-41-37)32(28-9-4-5-10-29(28)36)47-33(39-35)23-12-15-26(16-13-23)46-19-7-18-42/h3-6,8-17,20,32,42H,7,18-19,21-22H2,1-2H3,(H,38,43)/t32-,35-/m1/s1. The fourth-order valence-corrected chi connectivity index (χ4v) is 5.86. The Morgan fingerprint density at radius 3 is 2.49 bits per heavy atom. The van der Waals surface area contributed by atoms with Gasteiger partial charge in [0.15, 0.2) is 11.6 Å². The number of nitrogens with one attached hydrogen (secondary N) is 1. The second-order valence-electron chi connectivity index (χ2n) is 10.7. The highest BCUT2D eigenvalue weighted by molar-refractivity contribution is 9.10. The number of amides is 1. The third-order valence-corrected chi connectivity index (χ3v) is 8.48. The van der Waals surface area contributed by atoms with Crippen LogP contribution in [0.15, 0.2) is 106 Å². The molecule has 5 rings (SSSR count). The first-order valence-corrected chi connectivity index (χ1v) is 15.7. The van der Waals surface area contributed by atoms with Crippen molar-refractivity contribution < 1.29 is 28.8 Å². The molecule has 1 aliphatic heterocycles. The van der Waals surface area contributed by atoms with E-state index in [0.717, 1.165) is 10.0 Å². The largest absolute Gasteiger partial charge is 0.497 e. The molecular formula is C35H34BrN5O6. The van der Waals surface area contributed by atoms with Gasteiger partial charge in [-0.15, -0.1) is 0 Å². The predicted octanol–water partition coefficient (Wildman–Crippen LogP) is 6.99. The van der Waals surface area contributed by atoms with E-state index < -0.39 is 17.6 Å². The maximum atomic E-state index is 14.7. The Morgan fingerprint density at radius 2 is 1.77 bits per heavy atom. The minimum absolute atomic E-state index is 0.0391. The van der Waals surface area contributed by atoms with E-state index in [9.17, 15) is 10.3 Å². The van der Waals surface area contributed by atoms with Crippen molar-refractivity contribution in [3.05, 3.63) is 128 Å². The summed E-state index contributed by atoms with van der Waals surface area (Å²) in [7, 11) is 3.13. The highest BCUT2D eigenvalue weighted by Gasteiger charge is 2.54. The number of aliphatic imine (C=N–C) groups is 1. The monoisotopic (exact) mass is 699 g/mol. The lowest BCUT2D eigenvalue weighted by atomic mass is 9.81. The number of ether oxygens (including phenoxy) is 4. The summed E-state index contributed by atoms with van der Waals surface area (Å²) in [6.45, 7) is 0.556. The van der Waals surface area contributed by atoms with E-state index in [2.05, 4.69) is 31.3 Å². The second-order valence-corrected chi connectivity index (χ2v) is 11.5. The third kappa shape index (κ3) is 7.52. The van der Waals surface area contributed by atoms with E-state index in [4.69, 9.17) is 29.0 Å². The van der Waals surface area contributed by atoms with Gasteiger partial charge in [-0.2, -0.15) is 0 Å². The number of nitrogens with zero attached hydrogens (tertiary/aromatic N) is 4. The highest BCUT2D eigenvalue weighted by Crippen LogP contribution is 2.45. The Morgan fingerprint density at radius 1 is 1.02 bits per heavy atom. The lowest BCUT2D eigenvalue weighted by Gasteiger charge is -2.31. The Labute approximate surface area is 280 Å². The molecule has 0 aliphatic carbocycles. The van der Waals surface area contributed by atoms with Crippen molar-refractivity contribution >= 4 is 33.4 Å². The minimum Gasteiger partial charge on any atom is -0.497 e. The molecule has 4 aromatic carbocycles. The number of azide groups is 1. The van der Waals surface area contributed by atoms with Gasteiger partial charge in [-0.3, -0.25) is 4.79 Å². The number of hydrogen-bond donors (Lipinski definition) is 2. The number of hydrogen-bond acceptors (Lipinski definition) is 8. The van der Waals surface area contributed by atoms with Gasteiger partial charge in [-0.25, -0.2) is 4.99 Å². The van der Waals surface area contributed by atoms with E-state index in [1.165, 1.54) is 0 Å². The second kappa shape index (κ2) is 15.5. The zero-order valence-corrected chi connectivity index (χ0v) is 27.5. The molecular weight excluding hydrogens is 666 g/mol. The zero-order chi connectivity index (χ0) is 33.2. The normalized spacial score (nSPS) is 16.8. The Balaban J connectivity index is 1.61. The molecule has 0 fully saturated rings. The summed E-state index contributed by atoms with van der Waals surface area (Å²) in [5, 5.41) is 16.1. The van der Waals surface area contributed by atoms with Crippen LogP contribution in [0.25, 0.3) is 10.4 Å². The molecule has 0 unspecified atom stereocenters. The molecule has 1 heterocycles. The number of halogens is 1. The van der Waals surface area contributed by atoms with Crippen molar-refractivity contribution in [3.63, 3.8) is 0 Å². The molecule has 0 aromatic heterocycles. The van der Waals surface area contributed by atoms with E-state index >= 15 is 0 Å². The smallest absolute Gasteiger partial charge is 0.252 e. The summed E-state index contributed by atoms with van der Waals surface area (Å²) in [5.74, 6) is 1.68. The first-order chi connectivity index (χ1) is 22.9. The SMILES string of the molecule is COc1ccc(CNC(=O)[C@]2(Cc3ccccc3N=[N+]=[N-])N=C(c3ccc(OCCCO)cc3)O[C@@H]2c2ccccc2Br)c(OC)c1. The van der Waals surface area contributed by atoms with Crippen molar-refractivity contribution in [2.24, 2.45) is 10.1 Å². The molecule has 0 spiro atoms. The van der Waals surface area contributed by atoms with Gasteiger partial charge >= 0.3 is 0 Å². The van der Waals surface area contributed by atoms with Crippen molar-refractivity contribution in [2.45, 2.75) is 31.0 Å². The van der Waals surface area contributed by atoms with Crippen LogP contribution < -0.4 is 19.5 Å². The number of aliphatic hydroxyl groups is 1. The molecule has 0 radical (unpaired) electrons. The molecule has 47 heavy (non-hydrogen) atoms. The van der Waals surface area contributed by atoms with Crippen LogP contribution in [0.5, 0.6) is 17.2 Å². The Hall–Kier alpha value is -5.03. The number of benzene rings is 4. The molecule has 0 bridgehead atoms. The fraction of sp³-hybridized carbons (Fsp3) is 0.257. The van der Waals surface area contributed by atoms with Gasteiger partial charge in [0.2, 0.25) is 5.90 Å². The van der Waals surface area contributed by atoms with Crippen LogP contribution >= 0.6 is 15.9 Å². The van der Waals surface area contributed by atoms with E-state index in [-0.39, 0.29) is 25.5 Å². The van der Waals surface area contributed by atoms with Gasteiger partial charge < -0.3 is 29.4 Å². The quantitative estimate of drug-likeness (QED) is 0.0628. The summed E-state index contributed by atoms with van der Waals surface area (Å²) in [4.78, 5) is 22.8. The van der Waals surface area contributed by atoms with E-state index in [1.807, 2.05) is 54.6 Å². The average molecular weight is 701 g/mol. The lowest BCUT2D eigenvalue weighted by molar-refractivity contribution is -0.129. The van der Waals surface area contributed by atoms with Gasteiger partial charge in [-0.1, -0.05) is 63.5 Å². The Kier molecular flexibility index (Phi) is 11.0. The molecule has 0 saturated carbocycles. The number of methoxy groups -OCH3 is 2. The van der Waals surface area contributed by atoms with Crippen molar-refractivity contribution in [1.29, 1.82) is 0 Å². The van der Waals surface area contributed by atoms with E-state index in [0.29, 0.717) is 52.7 Å². The van der Waals surface area contributed by atoms with Crippen LogP contribution in [-0.2, 0) is 22.5 Å². The van der Waals surface area contributed by atoms with Crippen molar-refractivity contribution in [1.82, 2.24) is 5.32 Å². The maximum Gasteiger partial charge on any atom is 0.252 e. The van der Waals surface area contributed by atoms with Crippen LogP contribution in [0.1, 0.15) is 34.8 Å². The number of carbonyl (C=O) groups is 1. The van der Waals surface area contributed by atoms with Crippen LogP contribution in [0, 0.1) is 0 Å². The van der Waals surface area contributed by atoms with Crippen LogP contribution in [0.2, 0.25) is 0 Å². The van der Waals surface area contributed by atoms with Gasteiger partial charge in [-0.05, 0) is 53.6 Å². The maximum absolute atomic E-state index is 14.7. The van der Waals surface area contributed by atoms with E-state index in [1.54, 1.807) is 50.6 Å². The summed E-state index contributed by atoms with van der Waals surface area (Å²) >= 11 is 3.66. The van der Waals surface area contributed by atoms with Crippen LogP contribution in [0.4, 0.5) is 5.69 Å². The van der Waals surface area contributed by atoms with Gasteiger partial charge in [0.05, 0.1) is 20.8 Å². The Bertz CT molecular complexity index is 1790. The molecule has 242 valence electrons. The minimum atomic E-state index is -1.53. The first kappa shape index (κ1) is 33.3. The summed E-state index contributed by atoms with van der Waals surface area (Å²) in [6.07, 6.45) is -0.292. The predicted molar refractivity (Wildman–Crippen MR) is 181 cm³/mol. The van der Waals surface area contributed by atoms with Crippen LogP contribution in [0.3, 0.4) is 0 Å². The number of carbonyl (C=O) groups excluding carboxylic acids is 1. The highest BCUT2D eigenvalue weighted by atomic mass is 79.9.